The van der Waals surface area contributed by atoms with Gasteiger partial charge >= 0.3 is 0 Å². The lowest BCUT2D eigenvalue weighted by molar-refractivity contribution is 0.221. The predicted octanol–water partition coefficient (Wildman–Crippen LogP) is 4.95. The largest absolute Gasteiger partial charge is 0.593 e. The third-order valence-corrected chi connectivity index (χ3v) is 8.65. The Balaban J connectivity index is 1.37. The fourth-order valence-corrected chi connectivity index (χ4v) is 6.61. The van der Waals surface area contributed by atoms with Gasteiger partial charge in [-0.25, -0.2) is 9.07 Å². The lowest BCUT2D eigenvalue weighted by Gasteiger charge is -2.31. The minimum absolute atomic E-state index is 0.279. The molecule has 5 aromatic rings. The molecule has 0 saturated carbocycles. The van der Waals surface area contributed by atoms with E-state index in [0.29, 0.717) is 24.6 Å². The molecule has 2 aromatic heterocycles. The van der Waals surface area contributed by atoms with Crippen LogP contribution in [0.3, 0.4) is 0 Å². The Hall–Kier alpha value is -3.66. The van der Waals surface area contributed by atoms with Crippen LogP contribution in [0.2, 0.25) is 0 Å². The zero-order valence-electron chi connectivity index (χ0n) is 21.3. The van der Waals surface area contributed by atoms with Crippen LogP contribution in [-0.2, 0) is 23.8 Å². The molecular weight excluding hydrogens is 501 g/mol. The van der Waals surface area contributed by atoms with Gasteiger partial charge in [-0.1, -0.05) is 18.2 Å². The standard InChI is InChI=1S/C29H28FN5O2S/c1-21-14-28-22(16-32-35(28)24-10-8-23(30)9-11-24)15-27(21)29(20-37-25-6-4-3-5-7-25)12-13-34(19-29)38(36)26-17-31-33(2)18-26/h3-11,14-18H,12-13,19-20H2,1-2H3. The van der Waals surface area contributed by atoms with E-state index in [-0.39, 0.29) is 11.2 Å². The van der Waals surface area contributed by atoms with E-state index in [9.17, 15) is 8.94 Å². The van der Waals surface area contributed by atoms with Crippen molar-refractivity contribution in [3.63, 3.8) is 0 Å². The van der Waals surface area contributed by atoms with Gasteiger partial charge in [-0.15, -0.1) is 4.31 Å². The third-order valence-electron chi connectivity index (χ3n) is 7.25. The second-order valence-electron chi connectivity index (χ2n) is 9.85. The predicted molar refractivity (Wildman–Crippen MR) is 145 cm³/mol. The van der Waals surface area contributed by atoms with Crippen LogP contribution in [0.4, 0.5) is 4.39 Å². The average Bonchev–Trinajstić information content (AvgIpc) is 3.67. The van der Waals surface area contributed by atoms with Gasteiger partial charge in [0.2, 0.25) is 4.90 Å². The summed E-state index contributed by atoms with van der Waals surface area (Å²) in [5.74, 6) is 0.528. The van der Waals surface area contributed by atoms with Crippen molar-refractivity contribution >= 4 is 22.3 Å². The van der Waals surface area contributed by atoms with E-state index >= 15 is 0 Å². The first-order valence-electron chi connectivity index (χ1n) is 12.5. The van der Waals surface area contributed by atoms with Gasteiger partial charge < -0.3 is 9.29 Å². The molecule has 0 radical (unpaired) electrons. The number of aryl methyl sites for hydroxylation is 2. The Morgan fingerprint density at radius 2 is 1.84 bits per heavy atom. The molecule has 3 heterocycles. The average molecular weight is 530 g/mol. The number of benzene rings is 3. The van der Waals surface area contributed by atoms with E-state index in [0.717, 1.165) is 39.9 Å². The van der Waals surface area contributed by atoms with Crippen molar-refractivity contribution in [1.82, 2.24) is 23.9 Å². The molecule has 3 aromatic carbocycles. The van der Waals surface area contributed by atoms with Crippen molar-refractivity contribution in [2.75, 3.05) is 19.7 Å². The smallest absolute Gasteiger partial charge is 0.211 e. The molecule has 9 heteroatoms. The molecular formula is C29H28FN5O2S. The van der Waals surface area contributed by atoms with E-state index < -0.39 is 11.4 Å². The molecule has 194 valence electrons. The monoisotopic (exact) mass is 529 g/mol. The summed E-state index contributed by atoms with van der Waals surface area (Å²) in [6, 6.07) is 20.4. The highest BCUT2D eigenvalue weighted by molar-refractivity contribution is 7.89. The van der Waals surface area contributed by atoms with Gasteiger partial charge in [-0.3, -0.25) is 4.68 Å². The summed E-state index contributed by atoms with van der Waals surface area (Å²) < 4.78 is 38.8. The number of halogens is 1. The van der Waals surface area contributed by atoms with Crippen molar-refractivity contribution in [3.05, 3.63) is 102 Å². The van der Waals surface area contributed by atoms with E-state index in [2.05, 4.69) is 29.3 Å². The van der Waals surface area contributed by atoms with Crippen molar-refractivity contribution in [3.8, 4) is 11.4 Å². The lowest BCUT2D eigenvalue weighted by Crippen LogP contribution is -2.39. The number of rotatable bonds is 7. The summed E-state index contributed by atoms with van der Waals surface area (Å²) in [6.45, 7) is 3.81. The quantitative estimate of drug-likeness (QED) is 0.279. The maximum Gasteiger partial charge on any atom is 0.211 e. The van der Waals surface area contributed by atoms with Gasteiger partial charge in [0.05, 0.1) is 48.1 Å². The van der Waals surface area contributed by atoms with Crippen LogP contribution in [0.5, 0.6) is 5.75 Å². The lowest BCUT2D eigenvalue weighted by atomic mass is 9.78. The van der Waals surface area contributed by atoms with Crippen LogP contribution in [0.15, 0.2) is 90.2 Å². The maximum absolute atomic E-state index is 13.5. The first-order chi connectivity index (χ1) is 18.4. The van der Waals surface area contributed by atoms with Crippen LogP contribution in [0, 0.1) is 12.7 Å². The maximum atomic E-state index is 13.5. The van der Waals surface area contributed by atoms with Gasteiger partial charge in [0, 0.05) is 24.4 Å². The fraction of sp³-hybridized carbons (Fsp3) is 0.241. The van der Waals surface area contributed by atoms with Crippen molar-refractivity contribution in [1.29, 1.82) is 0 Å². The summed E-state index contributed by atoms with van der Waals surface area (Å²) in [5, 5.41) is 9.79. The molecule has 1 aliphatic rings. The van der Waals surface area contributed by atoms with Gasteiger partial charge in [-0.2, -0.15) is 10.2 Å². The molecule has 0 amide bonds. The van der Waals surface area contributed by atoms with Gasteiger partial charge in [0.15, 0.2) is 0 Å². The molecule has 7 nitrogen and oxygen atoms in total. The van der Waals surface area contributed by atoms with Crippen LogP contribution in [-0.4, -0.2) is 48.1 Å². The zero-order chi connectivity index (χ0) is 26.3. The molecule has 1 fully saturated rings. The Morgan fingerprint density at radius 1 is 1.05 bits per heavy atom. The molecule has 6 rings (SSSR count). The van der Waals surface area contributed by atoms with Crippen LogP contribution in [0.25, 0.3) is 16.6 Å². The molecule has 0 N–H and O–H groups in total. The zero-order valence-corrected chi connectivity index (χ0v) is 22.1. The first-order valence-corrected chi connectivity index (χ1v) is 13.6. The SMILES string of the molecule is Cc1cc2c(cnn2-c2ccc(F)cc2)cc1C1(COc2ccccc2)CCN([S+]([O-])c2cnn(C)c2)C1. The summed E-state index contributed by atoms with van der Waals surface area (Å²) in [4.78, 5) is 0.694. The summed E-state index contributed by atoms with van der Waals surface area (Å²) in [6.07, 6.45) is 6.10. The normalized spacial score (nSPS) is 18.7. The Morgan fingerprint density at radius 3 is 2.58 bits per heavy atom. The molecule has 38 heavy (non-hydrogen) atoms. The summed E-state index contributed by atoms with van der Waals surface area (Å²) in [7, 11) is 1.83. The second-order valence-corrected chi connectivity index (χ2v) is 11.3. The minimum atomic E-state index is -1.32. The second kappa shape index (κ2) is 9.90. The van der Waals surface area contributed by atoms with Crippen LogP contribution in [0.1, 0.15) is 17.5 Å². The number of fused-ring (bicyclic) bond motifs is 1. The van der Waals surface area contributed by atoms with Gasteiger partial charge in [-0.05, 0) is 73.0 Å². The Labute approximate surface area is 223 Å². The number of para-hydroxylation sites is 1. The van der Waals surface area contributed by atoms with E-state index in [1.165, 1.54) is 12.1 Å². The number of hydrogen-bond acceptors (Lipinski definition) is 5. The molecule has 0 spiro atoms. The number of aromatic nitrogens is 4. The van der Waals surface area contributed by atoms with Crippen molar-refractivity contribution in [2.45, 2.75) is 23.7 Å². The fourth-order valence-electron chi connectivity index (χ4n) is 5.31. The minimum Gasteiger partial charge on any atom is -0.593 e. The molecule has 0 bridgehead atoms. The molecule has 0 aliphatic carbocycles. The van der Waals surface area contributed by atoms with Crippen molar-refractivity contribution in [2.24, 2.45) is 7.05 Å². The van der Waals surface area contributed by atoms with Gasteiger partial charge in [0.25, 0.3) is 0 Å². The van der Waals surface area contributed by atoms with Crippen LogP contribution < -0.4 is 4.74 Å². The topological polar surface area (TPSA) is 71.2 Å². The number of ether oxygens (including phenoxy) is 1. The number of nitrogens with zero attached hydrogens (tertiary/aromatic N) is 5. The molecule has 1 saturated heterocycles. The summed E-state index contributed by atoms with van der Waals surface area (Å²) >= 11 is -1.32. The highest BCUT2D eigenvalue weighted by atomic mass is 32.2. The molecule has 2 unspecified atom stereocenters. The van der Waals surface area contributed by atoms with E-state index in [1.54, 1.807) is 29.2 Å². The Kier molecular flexibility index (Phi) is 6.43. The highest BCUT2D eigenvalue weighted by Crippen LogP contribution is 2.41. The van der Waals surface area contributed by atoms with Crippen molar-refractivity contribution < 1.29 is 13.7 Å². The first kappa shape index (κ1) is 24.7. The molecule has 1 aliphatic heterocycles. The third kappa shape index (κ3) is 4.57. The highest BCUT2D eigenvalue weighted by Gasteiger charge is 2.46. The van der Waals surface area contributed by atoms with Crippen LogP contribution >= 0.6 is 0 Å². The summed E-state index contributed by atoms with van der Waals surface area (Å²) in [5.41, 5.74) is 3.64. The Bertz CT molecular complexity index is 1570. The molecule has 2 atom stereocenters. The van der Waals surface area contributed by atoms with E-state index in [4.69, 9.17) is 4.74 Å². The number of hydrogen-bond donors (Lipinski definition) is 0. The van der Waals surface area contributed by atoms with E-state index in [1.807, 2.05) is 52.6 Å². The van der Waals surface area contributed by atoms with Gasteiger partial charge in [0.1, 0.15) is 17.8 Å².